The molecule has 1 aliphatic carbocycles. The van der Waals surface area contributed by atoms with E-state index in [0.717, 1.165) is 52.4 Å². The van der Waals surface area contributed by atoms with Crippen LogP contribution < -0.4 is 14.8 Å². The van der Waals surface area contributed by atoms with Crippen molar-refractivity contribution in [3.8, 4) is 11.5 Å². The molecule has 27 heavy (non-hydrogen) atoms. The van der Waals surface area contributed by atoms with E-state index in [0.29, 0.717) is 6.61 Å². The van der Waals surface area contributed by atoms with Gasteiger partial charge in [0.05, 0.1) is 11.3 Å². The Morgan fingerprint density at radius 3 is 2.63 bits per heavy atom. The van der Waals surface area contributed by atoms with Gasteiger partial charge in [0.2, 0.25) is 6.79 Å². The van der Waals surface area contributed by atoms with Crippen LogP contribution in [-0.4, -0.2) is 19.4 Å². The number of hydrogen-bond donors (Lipinski definition) is 1. The molecule has 136 valence electrons. The highest BCUT2D eigenvalue weighted by atomic mass is 16.7. The molecular formula is C22H19NO4. The number of carbonyl (C=O) groups excluding carboxylic acids is 1. The summed E-state index contributed by atoms with van der Waals surface area (Å²) in [4.78, 5) is 12.5. The molecule has 0 spiro atoms. The molecule has 3 aliphatic heterocycles. The smallest absolute Gasteiger partial charge is 0.337 e. The van der Waals surface area contributed by atoms with Gasteiger partial charge in [-0.3, -0.25) is 0 Å². The largest absolute Gasteiger partial charge is 0.456 e. The number of hydrogen-bond acceptors (Lipinski definition) is 5. The Labute approximate surface area is 156 Å². The highest BCUT2D eigenvalue weighted by Gasteiger charge is 2.39. The second-order valence-electron chi connectivity index (χ2n) is 7.55. The van der Waals surface area contributed by atoms with Gasteiger partial charge in [-0.25, -0.2) is 4.79 Å². The van der Waals surface area contributed by atoms with Gasteiger partial charge >= 0.3 is 5.97 Å². The van der Waals surface area contributed by atoms with Gasteiger partial charge in [0.25, 0.3) is 0 Å². The van der Waals surface area contributed by atoms with Crippen LogP contribution in [-0.2, 0) is 22.4 Å². The molecule has 3 heterocycles. The molecule has 0 unspecified atom stereocenters. The summed E-state index contributed by atoms with van der Waals surface area (Å²) < 4.78 is 16.4. The summed E-state index contributed by atoms with van der Waals surface area (Å²) in [5.74, 6) is 1.11. The maximum atomic E-state index is 12.5. The first kappa shape index (κ1) is 15.1. The van der Waals surface area contributed by atoms with Crippen LogP contribution in [0.1, 0.15) is 41.0 Å². The van der Waals surface area contributed by atoms with Crippen LogP contribution in [0.3, 0.4) is 0 Å². The van der Waals surface area contributed by atoms with E-state index < -0.39 is 0 Å². The summed E-state index contributed by atoms with van der Waals surface area (Å²) in [6.45, 7) is 0.552. The van der Waals surface area contributed by atoms with Crippen LogP contribution in [0.5, 0.6) is 11.5 Å². The predicted molar refractivity (Wildman–Crippen MR) is 99.1 cm³/mol. The zero-order chi connectivity index (χ0) is 18.0. The number of fused-ring (bicyclic) bond motifs is 3. The first-order valence-electron chi connectivity index (χ1n) is 9.50. The van der Waals surface area contributed by atoms with Crippen LogP contribution in [0.25, 0.3) is 0 Å². The van der Waals surface area contributed by atoms with Crippen molar-refractivity contribution in [1.29, 1.82) is 0 Å². The molecule has 6 rings (SSSR count). The van der Waals surface area contributed by atoms with Crippen molar-refractivity contribution in [3.05, 3.63) is 63.9 Å². The van der Waals surface area contributed by atoms with Gasteiger partial charge in [0.15, 0.2) is 11.5 Å². The summed E-state index contributed by atoms with van der Waals surface area (Å²) in [7, 11) is 0. The van der Waals surface area contributed by atoms with Crippen molar-refractivity contribution < 1.29 is 19.0 Å². The maximum absolute atomic E-state index is 12.5. The number of benzene rings is 2. The molecule has 5 nitrogen and oxygen atoms in total. The fourth-order valence-electron chi connectivity index (χ4n) is 4.72. The zero-order valence-corrected chi connectivity index (χ0v) is 14.8. The molecule has 0 amide bonds. The molecule has 0 saturated heterocycles. The van der Waals surface area contributed by atoms with E-state index in [1.807, 2.05) is 18.2 Å². The number of aryl methyl sites for hydroxylation is 2. The lowest BCUT2D eigenvalue weighted by Crippen LogP contribution is -2.21. The Hall–Kier alpha value is -2.95. The zero-order valence-electron chi connectivity index (χ0n) is 14.8. The molecule has 2 aromatic carbocycles. The Balaban J connectivity index is 1.55. The third-order valence-corrected chi connectivity index (χ3v) is 6.02. The Morgan fingerprint density at radius 2 is 1.74 bits per heavy atom. The summed E-state index contributed by atoms with van der Waals surface area (Å²) in [5.41, 5.74) is 7.70. The average molecular weight is 361 g/mol. The standard InChI is InChI=1S/C22H19NO4/c24-22-21-17(10-25-22)23-16-8-13-4-2-1-3-12(13)7-15(16)20(21)14-5-6-18-19(9-14)27-11-26-18/h5-9,20,23H,1-4,10-11H2/t20-/m1/s1. The van der Waals surface area contributed by atoms with Gasteiger partial charge < -0.3 is 19.5 Å². The van der Waals surface area contributed by atoms with Crippen molar-refractivity contribution in [1.82, 2.24) is 0 Å². The molecule has 1 N–H and O–H groups in total. The molecule has 0 saturated carbocycles. The Kier molecular flexibility index (Phi) is 3.10. The molecule has 0 radical (unpaired) electrons. The van der Waals surface area contributed by atoms with E-state index in [4.69, 9.17) is 14.2 Å². The average Bonchev–Trinajstić information content (AvgIpc) is 3.31. The molecule has 2 aromatic rings. The van der Waals surface area contributed by atoms with E-state index >= 15 is 0 Å². The van der Waals surface area contributed by atoms with Gasteiger partial charge in [0.1, 0.15) is 6.61 Å². The van der Waals surface area contributed by atoms with Crippen LogP contribution in [0.4, 0.5) is 5.69 Å². The van der Waals surface area contributed by atoms with E-state index in [-0.39, 0.29) is 18.7 Å². The first-order valence-corrected chi connectivity index (χ1v) is 9.50. The molecule has 5 heteroatoms. The fourth-order valence-corrected chi connectivity index (χ4v) is 4.72. The molecule has 1 atom stereocenters. The van der Waals surface area contributed by atoms with Crippen molar-refractivity contribution in [2.45, 2.75) is 31.6 Å². The lowest BCUT2D eigenvalue weighted by atomic mass is 9.78. The summed E-state index contributed by atoms with van der Waals surface area (Å²) in [6, 6.07) is 10.5. The number of carbonyl (C=O) groups is 1. The Morgan fingerprint density at radius 1 is 0.926 bits per heavy atom. The predicted octanol–water partition coefficient (Wildman–Crippen LogP) is 3.66. The second-order valence-corrected chi connectivity index (χ2v) is 7.55. The highest BCUT2D eigenvalue weighted by molar-refractivity contribution is 5.97. The number of ether oxygens (including phenoxy) is 3. The van der Waals surface area contributed by atoms with Crippen molar-refractivity contribution in [2.24, 2.45) is 0 Å². The van der Waals surface area contributed by atoms with E-state index in [9.17, 15) is 4.79 Å². The van der Waals surface area contributed by atoms with E-state index in [1.54, 1.807) is 0 Å². The summed E-state index contributed by atoms with van der Waals surface area (Å²) in [6.07, 6.45) is 4.70. The molecular weight excluding hydrogens is 342 g/mol. The minimum absolute atomic E-state index is 0.145. The number of rotatable bonds is 1. The Bertz CT molecular complexity index is 1020. The SMILES string of the molecule is O=C1OCC2=C1[C@H](c1ccc3c(c1)OCO3)c1cc3c(cc1N2)CCCC3. The van der Waals surface area contributed by atoms with Gasteiger partial charge in [-0.15, -0.1) is 0 Å². The summed E-state index contributed by atoms with van der Waals surface area (Å²) in [5, 5.41) is 3.47. The number of cyclic esters (lactones) is 1. The van der Waals surface area contributed by atoms with Crippen LogP contribution >= 0.6 is 0 Å². The third kappa shape index (κ3) is 2.21. The lowest BCUT2D eigenvalue weighted by molar-refractivity contribution is -0.136. The van der Waals surface area contributed by atoms with Crippen LogP contribution in [0.15, 0.2) is 41.6 Å². The van der Waals surface area contributed by atoms with Gasteiger partial charge in [0, 0.05) is 11.6 Å². The van der Waals surface area contributed by atoms with Crippen LogP contribution in [0.2, 0.25) is 0 Å². The maximum Gasteiger partial charge on any atom is 0.337 e. The quantitative estimate of drug-likeness (QED) is 0.786. The normalized spacial score (nSPS) is 21.9. The molecule has 0 fully saturated rings. The van der Waals surface area contributed by atoms with Crippen molar-refractivity contribution >= 4 is 11.7 Å². The lowest BCUT2D eigenvalue weighted by Gasteiger charge is -2.30. The van der Waals surface area contributed by atoms with Crippen LogP contribution in [0, 0.1) is 0 Å². The number of anilines is 1. The van der Waals surface area contributed by atoms with Gasteiger partial charge in [-0.2, -0.15) is 0 Å². The molecule has 0 bridgehead atoms. The van der Waals surface area contributed by atoms with Crippen molar-refractivity contribution in [3.63, 3.8) is 0 Å². The minimum Gasteiger partial charge on any atom is -0.456 e. The van der Waals surface area contributed by atoms with Gasteiger partial charge in [-0.1, -0.05) is 12.1 Å². The van der Waals surface area contributed by atoms with E-state index in [2.05, 4.69) is 17.4 Å². The first-order chi connectivity index (χ1) is 13.3. The second kappa shape index (κ2) is 5.52. The van der Waals surface area contributed by atoms with Crippen molar-refractivity contribution in [2.75, 3.05) is 18.7 Å². The van der Waals surface area contributed by atoms with E-state index in [1.165, 1.54) is 24.0 Å². The number of esters is 1. The third-order valence-electron chi connectivity index (χ3n) is 6.02. The topological polar surface area (TPSA) is 56.8 Å². The highest BCUT2D eigenvalue weighted by Crippen LogP contribution is 2.47. The monoisotopic (exact) mass is 361 g/mol. The molecule has 0 aromatic heterocycles. The summed E-state index contributed by atoms with van der Waals surface area (Å²) >= 11 is 0. The fraction of sp³-hybridized carbons (Fsp3) is 0.318. The molecule has 4 aliphatic rings. The number of nitrogens with one attached hydrogen (secondary N) is 1. The van der Waals surface area contributed by atoms with Gasteiger partial charge in [-0.05, 0) is 66.1 Å². The minimum atomic E-state index is -0.233.